The molecule has 1 spiro atoms. The number of nitrogens with zero attached hydrogens (tertiary/aromatic N) is 2. The van der Waals surface area contributed by atoms with Crippen molar-refractivity contribution in [2.45, 2.75) is 38.6 Å². The third kappa shape index (κ3) is 3.60. The average Bonchev–Trinajstić information content (AvgIpc) is 3.31. The van der Waals surface area contributed by atoms with Crippen LogP contribution in [0.1, 0.15) is 31.7 Å². The van der Waals surface area contributed by atoms with Crippen LogP contribution in [0.25, 0.3) is 0 Å². The summed E-state index contributed by atoms with van der Waals surface area (Å²) in [6.07, 6.45) is 3.64. The summed E-state index contributed by atoms with van der Waals surface area (Å²) in [4.78, 5) is 30.2. The molecule has 3 heterocycles. The van der Waals surface area contributed by atoms with Gasteiger partial charge in [0.2, 0.25) is 11.8 Å². The van der Waals surface area contributed by atoms with Crippen molar-refractivity contribution >= 4 is 11.8 Å². The fourth-order valence-electron chi connectivity index (χ4n) is 4.86. The standard InChI is InChI=1S/C21H30N4O2/c1-16-18(14-22-23-16)19(26)25-13-10-21(15-25)9-5-11-24(20(21)27)12-8-17-6-3-2-4-7-17/h2-4,6-7,16,18,22-23H,5,8-15H2,1H3. The number of hydrogen-bond donors (Lipinski definition) is 2. The predicted octanol–water partition coefficient (Wildman–Crippen LogP) is 1.18. The van der Waals surface area contributed by atoms with E-state index in [0.29, 0.717) is 19.6 Å². The molecule has 3 fully saturated rings. The number of hydrogen-bond acceptors (Lipinski definition) is 4. The first-order valence-corrected chi connectivity index (χ1v) is 10.2. The number of likely N-dealkylation sites (tertiary alicyclic amines) is 2. The van der Waals surface area contributed by atoms with Crippen LogP contribution in [-0.4, -0.2) is 60.4 Å². The Hall–Kier alpha value is -1.92. The zero-order valence-electron chi connectivity index (χ0n) is 16.1. The molecule has 3 saturated heterocycles. The minimum atomic E-state index is -0.354. The van der Waals surface area contributed by atoms with E-state index < -0.39 is 0 Å². The zero-order valence-corrected chi connectivity index (χ0v) is 16.1. The van der Waals surface area contributed by atoms with Crippen LogP contribution in [0.15, 0.2) is 30.3 Å². The fraction of sp³-hybridized carbons (Fsp3) is 0.619. The Morgan fingerprint density at radius 1 is 1.22 bits per heavy atom. The fourth-order valence-corrected chi connectivity index (χ4v) is 4.86. The second-order valence-corrected chi connectivity index (χ2v) is 8.34. The number of nitrogens with one attached hydrogen (secondary N) is 2. The van der Waals surface area contributed by atoms with Gasteiger partial charge in [0.05, 0.1) is 11.3 Å². The maximum Gasteiger partial charge on any atom is 0.230 e. The molecule has 2 amide bonds. The number of carbonyl (C=O) groups is 2. The number of rotatable bonds is 4. The molecule has 4 rings (SSSR count). The largest absolute Gasteiger partial charge is 0.342 e. The van der Waals surface area contributed by atoms with Crippen molar-refractivity contribution in [3.05, 3.63) is 35.9 Å². The third-order valence-corrected chi connectivity index (χ3v) is 6.58. The quantitative estimate of drug-likeness (QED) is 0.836. The lowest BCUT2D eigenvalue weighted by molar-refractivity contribution is -0.146. The molecule has 3 unspecified atom stereocenters. The minimum absolute atomic E-state index is 0.0342. The summed E-state index contributed by atoms with van der Waals surface area (Å²) < 4.78 is 0. The maximum absolute atomic E-state index is 13.3. The normalized spacial score (nSPS) is 31.1. The molecule has 0 bridgehead atoms. The van der Waals surface area contributed by atoms with Crippen molar-refractivity contribution in [2.24, 2.45) is 11.3 Å². The number of amides is 2. The van der Waals surface area contributed by atoms with Gasteiger partial charge in [-0.3, -0.25) is 20.4 Å². The molecule has 27 heavy (non-hydrogen) atoms. The number of benzene rings is 1. The van der Waals surface area contributed by atoms with Crippen LogP contribution in [0.5, 0.6) is 0 Å². The third-order valence-electron chi connectivity index (χ3n) is 6.58. The van der Waals surface area contributed by atoms with Gasteiger partial charge in [-0.25, -0.2) is 0 Å². The van der Waals surface area contributed by atoms with Gasteiger partial charge in [0.1, 0.15) is 0 Å². The molecule has 3 atom stereocenters. The van der Waals surface area contributed by atoms with Crippen LogP contribution in [-0.2, 0) is 16.0 Å². The van der Waals surface area contributed by atoms with Crippen molar-refractivity contribution < 1.29 is 9.59 Å². The van der Waals surface area contributed by atoms with Gasteiger partial charge in [-0.1, -0.05) is 30.3 Å². The van der Waals surface area contributed by atoms with Crippen LogP contribution in [0.4, 0.5) is 0 Å². The summed E-state index contributed by atoms with van der Waals surface area (Å²) >= 11 is 0. The molecule has 0 saturated carbocycles. The van der Waals surface area contributed by atoms with Gasteiger partial charge in [-0.15, -0.1) is 0 Å². The molecule has 0 aromatic heterocycles. The van der Waals surface area contributed by atoms with Gasteiger partial charge in [-0.2, -0.15) is 0 Å². The Labute approximate surface area is 161 Å². The summed E-state index contributed by atoms with van der Waals surface area (Å²) in [7, 11) is 0. The molecule has 3 aliphatic heterocycles. The second kappa shape index (κ2) is 7.60. The van der Waals surface area contributed by atoms with Crippen LogP contribution < -0.4 is 10.9 Å². The zero-order chi connectivity index (χ0) is 18.9. The first-order chi connectivity index (χ1) is 13.1. The van der Waals surface area contributed by atoms with Gasteiger partial charge in [0.25, 0.3) is 0 Å². The second-order valence-electron chi connectivity index (χ2n) is 8.34. The summed E-state index contributed by atoms with van der Waals surface area (Å²) in [6, 6.07) is 10.5. The molecule has 0 aliphatic carbocycles. The van der Waals surface area contributed by atoms with E-state index in [1.807, 2.05) is 34.9 Å². The highest BCUT2D eigenvalue weighted by molar-refractivity contribution is 5.87. The number of carbonyl (C=O) groups excluding carboxylic acids is 2. The minimum Gasteiger partial charge on any atom is -0.342 e. The maximum atomic E-state index is 13.3. The van der Waals surface area contributed by atoms with E-state index in [0.717, 1.165) is 38.8 Å². The Morgan fingerprint density at radius 2 is 2.04 bits per heavy atom. The lowest BCUT2D eigenvalue weighted by Crippen LogP contribution is -2.51. The lowest BCUT2D eigenvalue weighted by Gasteiger charge is -2.39. The first kappa shape index (κ1) is 18.4. The van der Waals surface area contributed by atoms with Gasteiger partial charge in [0, 0.05) is 38.8 Å². The Morgan fingerprint density at radius 3 is 2.78 bits per heavy atom. The van der Waals surface area contributed by atoms with Gasteiger partial charge < -0.3 is 9.80 Å². The van der Waals surface area contributed by atoms with E-state index in [1.54, 1.807) is 0 Å². The molecular weight excluding hydrogens is 340 g/mol. The monoisotopic (exact) mass is 370 g/mol. The van der Waals surface area contributed by atoms with Crippen LogP contribution in [0.2, 0.25) is 0 Å². The van der Waals surface area contributed by atoms with Crippen LogP contribution in [0, 0.1) is 11.3 Å². The van der Waals surface area contributed by atoms with Gasteiger partial charge in [0.15, 0.2) is 0 Å². The summed E-state index contributed by atoms with van der Waals surface area (Å²) in [5, 5.41) is 0. The van der Waals surface area contributed by atoms with E-state index in [9.17, 15) is 9.59 Å². The average molecular weight is 370 g/mol. The van der Waals surface area contributed by atoms with Crippen molar-refractivity contribution in [2.75, 3.05) is 32.7 Å². The van der Waals surface area contributed by atoms with E-state index in [-0.39, 0.29) is 29.2 Å². The molecular formula is C21H30N4O2. The first-order valence-electron chi connectivity index (χ1n) is 10.2. The molecule has 2 N–H and O–H groups in total. The molecule has 3 aliphatic rings. The highest BCUT2D eigenvalue weighted by atomic mass is 16.2. The summed E-state index contributed by atoms with van der Waals surface area (Å²) in [5.41, 5.74) is 7.11. The van der Waals surface area contributed by atoms with Crippen molar-refractivity contribution in [1.82, 2.24) is 20.7 Å². The Bertz CT molecular complexity index is 695. The van der Waals surface area contributed by atoms with E-state index in [1.165, 1.54) is 5.56 Å². The summed E-state index contributed by atoms with van der Waals surface area (Å²) in [5.74, 6) is 0.412. The van der Waals surface area contributed by atoms with Crippen molar-refractivity contribution in [1.29, 1.82) is 0 Å². The van der Waals surface area contributed by atoms with E-state index in [4.69, 9.17) is 0 Å². The highest BCUT2D eigenvalue weighted by Crippen LogP contribution is 2.40. The molecule has 0 radical (unpaired) electrons. The van der Waals surface area contributed by atoms with Crippen LogP contribution in [0.3, 0.4) is 0 Å². The molecule has 6 nitrogen and oxygen atoms in total. The van der Waals surface area contributed by atoms with Crippen LogP contribution >= 0.6 is 0 Å². The molecule has 146 valence electrons. The predicted molar refractivity (Wildman–Crippen MR) is 104 cm³/mol. The molecule has 6 heteroatoms. The Kier molecular flexibility index (Phi) is 5.19. The van der Waals surface area contributed by atoms with E-state index >= 15 is 0 Å². The van der Waals surface area contributed by atoms with Crippen molar-refractivity contribution in [3.8, 4) is 0 Å². The molecule has 1 aromatic rings. The number of piperidine rings is 1. The van der Waals surface area contributed by atoms with Crippen molar-refractivity contribution in [3.63, 3.8) is 0 Å². The van der Waals surface area contributed by atoms with E-state index in [2.05, 4.69) is 23.0 Å². The topological polar surface area (TPSA) is 64.7 Å². The number of hydrazine groups is 1. The SMILES string of the molecule is CC1NNCC1C(=O)N1CCC2(CCCN(CCc3ccccc3)C2=O)C1. The molecule has 1 aromatic carbocycles. The van der Waals surface area contributed by atoms with Gasteiger partial charge in [-0.05, 0) is 38.2 Å². The van der Waals surface area contributed by atoms with Gasteiger partial charge >= 0.3 is 0 Å². The highest BCUT2D eigenvalue weighted by Gasteiger charge is 2.50. The smallest absolute Gasteiger partial charge is 0.230 e. The summed E-state index contributed by atoms with van der Waals surface area (Å²) in [6.45, 7) is 5.61. The lowest BCUT2D eigenvalue weighted by atomic mass is 9.78. The Balaban J connectivity index is 1.39.